The van der Waals surface area contributed by atoms with E-state index >= 15 is 0 Å². The normalized spacial score (nSPS) is 19.9. The predicted octanol–water partition coefficient (Wildman–Crippen LogP) is 0.442. The van der Waals surface area contributed by atoms with Gasteiger partial charge in [-0.3, -0.25) is 19.4 Å². The largest absolute Gasteiger partial charge is 0.486 e. The second-order valence-corrected chi connectivity index (χ2v) is 7.40. The third-order valence-corrected chi connectivity index (χ3v) is 5.38. The summed E-state index contributed by atoms with van der Waals surface area (Å²) >= 11 is 0. The number of hydrogen-bond donors (Lipinski definition) is 3. The smallest absolute Gasteiger partial charge is 0.258 e. The van der Waals surface area contributed by atoms with Gasteiger partial charge >= 0.3 is 0 Å². The minimum atomic E-state index is -0.966. The highest BCUT2D eigenvalue weighted by Crippen LogP contribution is 2.34. The van der Waals surface area contributed by atoms with Gasteiger partial charge in [0.05, 0.1) is 24.7 Å². The maximum atomic E-state index is 13.0. The lowest BCUT2D eigenvalue weighted by molar-refractivity contribution is -0.123. The maximum absolute atomic E-state index is 13.0. The fourth-order valence-corrected chi connectivity index (χ4v) is 3.86. The van der Waals surface area contributed by atoms with Gasteiger partial charge in [-0.1, -0.05) is 0 Å². The summed E-state index contributed by atoms with van der Waals surface area (Å²) in [6.07, 6.45) is -0.148. The van der Waals surface area contributed by atoms with Gasteiger partial charge in [0.1, 0.15) is 19.0 Å². The number of aromatic nitrogens is 2. The van der Waals surface area contributed by atoms with E-state index in [1.165, 1.54) is 0 Å². The van der Waals surface area contributed by atoms with Crippen LogP contribution < -0.4 is 30.6 Å². The van der Waals surface area contributed by atoms with E-state index in [1.807, 2.05) is 4.90 Å². The van der Waals surface area contributed by atoms with Crippen LogP contribution >= 0.6 is 0 Å². The molecule has 3 aliphatic rings. The average Bonchev–Trinajstić information content (AvgIpc) is 2.78. The highest BCUT2D eigenvalue weighted by Gasteiger charge is 2.35. The van der Waals surface area contributed by atoms with E-state index in [1.54, 1.807) is 18.2 Å². The number of benzene rings is 1. The van der Waals surface area contributed by atoms with E-state index < -0.39 is 17.4 Å². The van der Waals surface area contributed by atoms with Crippen LogP contribution in [0.25, 0.3) is 0 Å². The first-order valence-corrected chi connectivity index (χ1v) is 10.1. The highest BCUT2D eigenvalue weighted by molar-refractivity contribution is 6.04. The third kappa shape index (κ3) is 3.79. The number of rotatable bonds is 3. The molecule has 5 rings (SSSR count). The predicted molar refractivity (Wildman–Crippen MR) is 110 cm³/mol. The van der Waals surface area contributed by atoms with E-state index in [2.05, 4.69) is 20.6 Å². The number of aromatic amines is 1. The first kappa shape index (κ1) is 19.4. The number of carbonyl (C=O) groups is 2. The minimum Gasteiger partial charge on any atom is -0.486 e. The van der Waals surface area contributed by atoms with Crippen molar-refractivity contribution in [3.05, 3.63) is 34.1 Å². The number of fused-ring (bicyclic) bond motifs is 2. The third-order valence-electron chi connectivity index (χ3n) is 5.38. The zero-order valence-corrected chi connectivity index (χ0v) is 16.6. The molecule has 2 aromatic rings. The summed E-state index contributed by atoms with van der Waals surface area (Å²) in [6.45, 7) is 3.08. The van der Waals surface area contributed by atoms with Gasteiger partial charge in [0, 0.05) is 31.3 Å². The number of ether oxygens (including phenoxy) is 3. The second-order valence-electron chi connectivity index (χ2n) is 7.40. The van der Waals surface area contributed by atoms with Crippen LogP contribution in [-0.2, 0) is 14.3 Å². The van der Waals surface area contributed by atoms with Crippen LogP contribution in [0.4, 0.5) is 17.5 Å². The van der Waals surface area contributed by atoms with Crippen LogP contribution in [0.2, 0.25) is 0 Å². The number of hydrogen-bond acceptors (Lipinski definition) is 8. The molecule has 0 spiro atoms. The molecule has 2 amide bonds. The molecule has 0 radical (unpaired) electrons. The van der Waals surface area contributed by atoms with Gasteiger partial charge in [0.25, 0.3) is 5.56 Å². The van der Waals surface area contributed by atoms with Crippen molar-refractivity contribution in [2.24, 2.45) is 0 Å². The standard InChI is InChI=1S/C20H21N5O6/c26-15-10-12(18(27)21-11-1-2-13-14(9-11)31-8-7-30-13)16-17(22-15)23-20(24-19(16)28)25-3-5-29-6-4-25/h1-2,9,12H,3-8,10H2,(H,21,27)(H2,22,23,24,26,28). The molecule has 31 heavy (non-hydrogen) atoms. The molecular formula is C20H21N5O6. The van der Waals surface area contributed by atoms with Crippen LogP contribution in [-0.4, -0.2) is 61.3 Å². The summed E-state index contributed by atoms with van der Waals surface area (Å²) in [5.74, 6) is -0.223. The lowest BCUT2D eigenvalue weighted by Crippen LogP contribution is -2.41. The van der Waals surface area contributed by atoms with Crippen molar-refractivity contribution in [2.75, 3.05) is 55.1 Å². The maximum Gasteiger partial charge on any atom is 0.258 e. The Bertz CT molecular complexity index is 1090. The molecule has 1 atom stereocenters. The number of nitrogens with zero attached hydrogens (tertiary/aromatic N) is 2. The Morgan fingerprint density at radius 2 is 1.87 bits per heavy atom. The van der Waals surface area contributed by atoms with Gasteiger partial charge < -0.3 is 29.7 Å². The molecule has 0 saturated carbocycles. The summed E-state index contributed by atoms with van der Waals surface area (Å²) in [6, 6.07) is 5.04. The average molecular weight is 427 g/mol. The Morgan fingerprint density at radius 3 is 2.68 bits per heavy atom. The zero-order chi connectivity index (χ0) is 21.4. The van der Waals surface area contributed by atoms with Gasteiger partial charge in [-0.25, -0.2) is 0 Å². The molecule has 1 aromatic heterocycles. The highest BCUT2D eigenvalue weighted by atomic mass is 16.6. The van der Waals surface area contributed by atoms with E-state index in [9.17, 15) is 14.4 Å². The Balaban J connectivity index is 1.42. The summed E-state index contributed by atoms with van der Waals surface area (Å²) in [4.78, 5) is 47.2. The molecule has 1 aromatic carbocycles. The van der Waals surface area contributed by atoms with Crippen molar-refractivity contribution in [1.82, 2.24) is 9.97 Å². The van der Waals surface area contributed by atoms with E-state index in [0.29, 0.717) is 62.7 Å². The van der Waals surface area contributed by atoms with Crippen LogP contribution in [0.15, 0.2) is 23.0 Å². The van der Waals surface area contributed by atoms with Gasteiger partial charge in [0.15, 0.2) is 11.5 Å². The number of amides is 2. The van der Waals surface area contributed by atoms with E-state index in [4.69, 9.17) is 14.2 Å². The van der Waals surface area contributed by atoms with Crippen LogP contribution in [0.3, 0.4) is 0 Å². The first-order chi connectivity index (χ1) is 15.1. The zero-order valence-electron chi connectivity index (χ0n) is 16.6. The molecule has 1 saturated heterocycles. The van der Waals surface area contributed by atoms with Crippen LogP contribution in [0.1, 0.15) is 17.9 Å². The lowest BCUT2D eigenvalue weighted by atomic mass is 9.92. The molecule has 11 nitrogen and oxygen atoms in total. The fourth-order valence-electron chi connectivity index (χ4n) is 3.86. The Morgan fingerprint density at radius 1 is 1.10 bits per heavy atom. The topological polar surface area (TPSA) is 135 Å². The van der Waals surface area contributed by atoms with Gasteiger partial charge in [0.2, 0.25) is 17.8 Å². The number of anilines is 3. The quantitative estimate of drug-likeness (QED) is 0.642. The van der Waals surface area contributed by atoms with Crippen LogP contribution in [0, 0.1) is 0 Å². The Hall–Kier alpha value is -3.60. The van der Waals surface area contributed by atoms with Crippen molar-refractivity contribution >= 4 is 29.3 Å². The van der Waals surface area contributed by atoms with Gasteiger partial charge in [-0.15, -0.1) is 0 Å². The van der Waals surface area contributed by atoms with Gasteiger partial charge in [-0.2, -0.15) is 4.98 Å². The van der Waals surface area contributed by atoms with Crippen LogP contribution in [0.5, 0.6) is 11.5 Å². The number of morpholine rings is 1. The van der Waals surface area contributed by atoms with Crippen molar-refractivity contribution < 1.29 is 23.8 Å². The first-order valence-electron chi connectivity index (χ1n) is 10.1. The van der Waals surface area contributed by atoms with Crippen molar-refractivity contribution in [3.63, 3.8) is 0 Å². The van der Waals surface area contributed by atoms with Crippen molar-refractivity contribution in [1.29, 1.82) is 0 Å². The minimum absolute atomic E-state index is 0.115. The molecule has 11 heteroatoms. The Labute approximate surface area is 176 Å². The van der Waals surface area contributed by atoms with E-state index in [-0.39, 0.29) is 23.7 Å². The summed E-state index contributed by atoms with van der Waals surface area (Å²) in [7, 11) is 0. The number of nitrogens with one attached hydrogen (secondary N) is 3. The second kappa shape index (κ2) is 7.91. The molecule has 162 valence electrons. The number of carbonyl (C=O) groups excluding carboxylic acids is 2. The molecule has 1 unspecified atom stereocenters. The van der Waals surface area contributed by atoms with E-state index in [0.717, 1.165) is 0 Å². The monoisotopic (exact) mass is 427 g/mol. The molecule has 3 N–H and O–H groups in total. The number of H-pyrrole nitrogens is 1. The molecule has 0 aliphatic carbocycles. The lowest BCUT2D eigenvalue weighted by Gasteiger charge is -2.29. The molecule has 3 aliphatic heterocycles. The van der Waals surface area contributed by atoms with Crippen molar-refractivity contribution in [3.8, 4) is 11.5 Å². The van der Waals surface area contributed by atoms with Crippen molar-refractivity contribution in [2.45, 2.75) is 12.3 Å². The molecule has 1 fully saturated rings. The fraction of sp³-hybridized carbons (Fsp3) is 0.400. The molecular weight excluding hydrogens is 406 g/mol. The summed E-state index contributed by atoms with van der Waals surface area (Å²) < 4.78 is 16.3. The van der Waals surface area contributed by atoms with Gasteiger partial charge in [-0.05, 0) is 12.1 Å². The Kier molecular flexibility index (Phi) is 4.94. The molecule has 4 heterocycles. The SMILES string of the molecule is O=C1CC(C(=O)Nc2ccc3c(c2)OCCO3)c2c(nc(N3CCOCC3)[nH]c2=O)N1. The molecule has 0 bridgehead atoms. The summed E-state index contributed by atoms with van der Waals surface area (Å²) in [5.41, 5.74) is 0.177. The summed E-state index contributed by atoms with van der Waals surface area (Å²) in [5, 5.41) is 5.39.